The van der Waals surface area contributed by atoms with E-state index in [-0.39, 0.29) is 0 Å². The number of fused-ring (bicyclic) bond motifs is 3. The standard InChI is InChI=1S/C20H16BOP/c22-23(16-9-2-1-3-10-16)21-20-14-15-8-4-5-11-17(15)18-12-6-7-13-19(18)20/h1-14,21-22H/t23-/m1/s1. The molecule has 0 spiro atoms. The Morgan fingerprint density at radius 1 is 0.652 bits per heavy atom. The van der Waals surface area contributed by atoms with Gasteiger partial charge in [0.1, 0.15) is 0 Å². The maximum atomic E-state index is 10.7. The molecule has 0 bridgehead atoms. The Morgan fingerprint density at radius 3 is 2.04 bits per heavy atom. The fourth-order valence-electron chi connectivity index (χ4n) is 3.12. The minimum atomic E-state index is -1.18. The molecular formula is C20H16BOP. The van der Waals surface area contributed by atoms with Crippen molar-refractivity contribution in [3.8, 4) is 0 Å². The monoisotopic (exact) mass is 314 g/mol. The van der Waals surface area contributed by atoms with Crippen molar-refractivity contribution in [2.24, 2.45) is 0 Å². The van der Waals surface area contributed by atoms with Crippen LogP contribution in [0.1, 0.15) is 0 Å². The zero-order chi connectivity index (χ0) is 15.6. The number of benzene rings is 4. The fraction of sp³-hybridized carbons (Fsp3) is 0. The first-order valence-electron chi connectivity index (χ1n) is 7.74. The lowest BCUT2D eigenvalue weighted by Gasteiger charge is -2.13. The van der Waals surface area contributed by atoms with Crippen molar-refractivity contribution < 1.29 is 4.89 Å². The second-order valence-corrected chi connectivity index (χ2v) is 7.33. The van der Waals surface area contributed by atoms with Gasteiger partial charge in [-0.1, -0.05) is 90.4 Å². The lowest BCUT2D eigenvalue weighted by atomic mass is 9.86. The third-order valence-electron chi connectivity index (χ3n) is 4.23. The van der Waals surface area contributed by atoms with Crippen LogP contribution in [0.2, 0.25) is 0 Å². The molecule has 0 aliphatic heterocycles. The Hall–Kier alpha value is -2.15. The Balaban J connectivity index is 1.85. The average Bonchev–Trinajstić information content (AvgIpc) is 2.62. The van der Waals surface area contributed by atoms with Crippen LogP contribution in [0.15, 0.2) is 84.9 Å². The van der Waals surface area contributed by atoms with Gasteiger partial charge in [0.05, 0.1) is 0 Å². The van der Waals surface area contributed by atoms with Crippen LogP contribution in [0.5, 0.6) is 0 Å². The summed E-state index contributed by atoms with van der Waals surface area (Å²) in [4.78, 5) is 10.7. The predicted octanol–water partition coefficient (Wildman–Crippen LogP) is 3.68. The molecular weight excluding hydrogens is 298 g/mol. The highest BCUT2D eigenvalue weighted by Crippen LogP contribution is 2.29. The average molecular weight is 314 g/mol. The molecule has 3 heteroatoms. The number of hydrogen-bond donors (Lipinski definition) is 1. The van der Waals surface area contributed by atoms with Gasteiger partial charge in [0.15, 0.2) is 0 Å². The second-order valence-electron chi connectivity index (χ2n) is 5.70. The zero-order valence-corrected chi connectivity index (χ0v) is 13.6. The molecule has 0 unspecified atom stereocenters. The Labute approximate surface area is 137 Å². The van der Waals surface area contributed by atoms with Crippen LogP contribution in [-0.4, -0.2) is 11.9 Å². The zero-order valence-electron chi connectivity index (χ0n) is 12.7. The molecule has 1 atom stereocenters. The van der Waals surface area contributed by atoms with E-state index in [9.17, 15) is 4.89 Å². The molecule has 4 aromatic carbocycles. The molecule has 0 aromatic heterocycles. The summed E-state index contributed by atoms with van der Waals surface area (Å²) in [5, 5.41) is 6.03. The molecule has 0 saturated heterocycles. The molecule has 23 heavy (non-hydrogen) atoms. The largest absolute Gasteiger partial charge is 0.379 e. The van der Waals surface area contributed by atoms with Gasteiger partial charge in [-0.25, -0.2) is 0 Å². The number of rotatable bonds is 3. The topological polar surface area (TPSA) is 20.2 Å². The Bertz CT molecular complexity index is 969. The second kappa shape index (κ2) is 6.16. The van der Waals surface area contributed by atoms with E-state index >= 15 is 0 Å². The highest BCUT2D eigenvalue weighted by atomic mass is 31.1. The van der Waals surface area contributed by atoms with Crippen LogP contribution >= 0.6 is 8.03 Å². The number of hydrogen-bond acceptors (Lipinski definition) is 1. The SMILES string of the molecule is O[P@@](Bc1cc2ccccc2c2ccccc12)c1ccccc1. The van der Waals surface area contributed by atoms with Gasteiger partial charge in [-0.15, -0.1) is 0 Å². The van der Waals surface area contributed by atoms with Crippen molar-refractivity contribution in [1.29, 1.82) is 0 Å². The van der Waals surface area contributed by atoms with Gasteiger partial charge in [-0.3, -0.25) is 0 Å². The Kier molecular flexibility index (Phi) is 3.87. The molecule has 0 heterocycles. The Morgan fingerprint density at radius 2 is 1.26 bits per heavy atom. The quantitative estimate of drug-likeness (QED) is 0.347. The van der Waals surface area contributed by atoms with Gasteiger partial charge in [0.25, 0.3) is 0 Å². The van der Waals surface area contributed by atoms with Crippen LogP contribution in [-0.2, 0) is 0 Å². The van der Waals surface area contributed by atoms with Gasteiger partial charge in [0.2, 0.25) is 7.00 Å². The van der Waals surface area contributed by atoms with Crippen LogP contribution < -0.4 is 10.8 Å². The van der Waals surface area contributed by atoms with Crippen molar-refractivity contribution >= 4 is 47.3 Å². The van der Waals surface area contributed by atoms with E-state index in [2.05, 4.69) is 54.6 Å². The first kappa shape index (κ1) is 14.4. The van der Waals surface area contributed by atoms with E-state index in [0.717, 1.165) is 5.30 Å². The van der Waals surface area contributed by atoms with E-state index in [1.54, 1.807) is 0 Å². The van der Waals surface area contributed by atoms with Gasteiger partial charge in [0, 0.05) is 8.03 Å². The van der Waals surface area contributed by atoms with Gasteiger partial charge in [-0.05, 0) is 26.8 Å². The van der Waals surface area contributed by atoms with Crippen molar-refractivity contribution in [1.82, 2.24) is 0 Å². The third kappa shape index (κ3) is 2.76. The molecule has 0 aliphatic rings. The van der Waals surface area contributed by atoms with Crippen LogP contribution in [0.3, 0.4) is 0 Å². The highest BCUT2D eigenvalue weighted by molar-refractivity contribution is 7.89. The first-order chi connectivity index (χ1) is 11.3. The molecule has 4 aromatic rings. The van der Waals surface area contributed by atoms with Gasteiger partial charge < -0.3 is 4.89 Å². The molecule has 0 saturated carbocycles. The molecule has 0 radical (unpaired) electrons. The smallest absolute Gasteiger partial charge is 0.227 e. The van der Waals surface area contributed by atoms with Gasteiger partial charge in [-0.2, -0.15) is 0 Å². The van der Waals surface area contributed by atoms with Crippen LogP contribution in [0.4, 0.5) is 0 Å². The normalized spacial score (nSPS) is 12.4. The minimum absolute atomic E-state index is 0.685. The summed E-state index contributed by atoms with van der Waals surface area (Å²) in [7, 11) is -1.18. The minimum Gasteiger partial charge on any atom is -0.379 e. The van der Waals surface area contributed by atoms with Crippen molar-refractivity contribution in [2.75, 3.05) is 0 Å². The lowest BCUT2D eigenvalue weighted by Crippen LogP contribution is -2.18. The van der Waals surface area contributed by atoms with Crippen molar-refractivity contribution in [3.05, 3.63) is 84.9 Å². The summed E-state index contributed by atoms with van der Waals surface area (Å²) in [6.45, 7) is 0.685. The predicted molar refractivity (Wildman–Crippen MR) is 103 cm³/mol. The maximum Gasteiger partial charge on any atom is 0.227 e. The highest BCUT2D eigenvalue weighted by Gasteiger charge is 2.14. The summed E-state index contributed by atoms with van der Waals surface area (Å²) >= 11 is 0. The molecule has 1 nitrogen and oxygen atoms in total. The van der Waals surface area contributed by atoms with E-state index in [1.165, 1.54) is 27.0 Å². The lowest BCUT2D eigenvalue weighted by molar-refractivity contribution is 0.649. The fourth-order valence-corrected chi connectivity index (χ4v) is 4.40. The van der Waals surface area contributed by atoms with Crippen molar-refractivity contribution in [2.45, 2.75) is 0 Å². The molecule has 110 valence electrons. The molecule has 4 rings (SSSR count). The molecule has 0 fully saturated rings. The van der Waals surface area contributed by atoms with E-state index in [4.69, 9.17) is 0 Å². The summed E-state index contributed by atoms with van der Waals surface area (Å²) < 4.78 is 0. The molecule has 0 amide bonds. The van der Waals surface area contributed by atoms with Crippen LogP contribution in [0, 0.1) is 0 Å². The maximum absolute atomic E-state index is 10.7. The van der Waals surface area contributed by atoms with E-state index < -0.39 is 8.03 Å². The van der Waals surface area contributed by atoms with E-state index in [1.807, 2.05) is 30.3 Å². The molecule has 1 N–H and O–H groups in total. The van der Waals surface area contributed by atoms with E-state index in [0.29, 0.717) is 7.00 Å². The molecule has 0 aliphatic carbocycles. The summed E-state index contributed by atoms with van der Waals surface area (Å²) in [5.74, 6) is 0. The summed E-state index contributed by atoms with van der Waals surface area (Å²) in [5.41, 5.74) is 1.22. The van der Waals surface area contributed by atoms with Gasteiger partial charge >= 0.3 is 0 Å². The van der Waals surface area contributed by atoms with Crippen LogP contribution in [0.25, 0.3) is 21.5 Å². The third-order valence-corrected chi connectivity index (χ3v) is 5.76. The summed E-state index contributed by atoms with van der Waals surface area (Å²) in [6, 6.07) is 29.1. The first-order valence-corrected chi connectivity index (χ1v) is 9.22. The summed E-state index contributed by atoms with van der Waals surface area (Å²) in [6.07, 6.45) is 0. The van der Waals surface area contributed by atoms with Crippen molar-refractivity contribution in [3.63, 3.8) is 0 Å².